The summed E-state index contributed by atoms with van der Waals surface area (Å²) >= 11 is 3.47. The minimum absolute atomic E-state index is 0.0965. The van der Waals surface area contributed by atoms with Crippen LogP contribution < -0.4 is 0 Å². The Kier molecular flexibility index (Phi) is 3.75. The third kappa shape index (κ3) is 2.83. The van der Waals surface area contributed by atoms with Crippen LogP contribution in [0.15, 0.2) is 47.1 Å². The molecule has 5 heteroatoms. The first-order valence-electron chi connectivity index (χ1n) is 6.58. The maximum Gasteiger partial charge on any atom is 0.303 e. The Morgan fingerprint density at radius 1 is 1.29 bits per heavy atom. The number of carboxylic acid groups (broad SMARTS) is 1. The molecular formula is C16H13BrN2O2. The van der Waals surface area contributed by atoms with Gasteiger partial charge in [0, 0.05) is 28.0 Å². The number of carbonyl (C=O) groups is 1. The lowest BCUT2D eigenvalue weighted by Crippen LogP contribution is -1.98. The van der Waals surface area contributed by atoms with Gasteiger partial charge in [-0.3, -0.25) is 9.78 Å². The van der Waals surface area contributed by atoms with Crippen molar-refractivity contribution in [3.05, 3.63) is 52.6 Å². The van der Waals surface area contributed by atoms with Gasteiger partial charge in [-0.1, -0.05) is 22.0 Å². The average molecular weight is 345 g/mol. The number of nitrogens with one attached hydrogen (secondary N) is 1. The molecule has 2 heterocycles. The van der Waals surface area contributed by atoms with E-state index < -0.39 is 5.97 Å². The number of rotatable bonds is 4. The van der Waals surface area contributed by atoms with Gasteiger partial charge in [-0.05, 0) is 42.3 Å². The van der Waals surface area contributed by atoms with Gasteiger partial charge in [0.25, 0.3) is 0 Å². The number of H-pyrrole nitrogens is 1. The molecule has 3 rings (SSSR count). The minimum Gasteiger partial charge on any atom is -0.481 e. The Balaban J connectivity index is 2.18. The van der Waals surface area contributed by atoms with Crippen LogP contribution in [0, 0.1) is 0 Å². The fourth-order valence-electron chi connectivity index (χ4n) is 2.44. The highest BCUT2D eigenvalue weighted by atomic mass is 79.9. The monoisotopic (exact) mass is 344 g/mol. The number of halogens is 1. The molecule has 0 fully saturated rings. The van der Waals surface area contributed by atoms with E-state index in [2.05, 4.69) is 25.9 Å². The minimum atomic E-state index is -0.800. The number of carboxylic acids is 1. The van der Waals surface area contributed by atoms with Crippen molar-refractivity contribution in [2.45, 2.75) is 12.8 Å². The van der Waals surface area contributed by atoms with Crippen LogP contribution in [0.4, 0.5) is 0 Å². The molecule has 106 valence electrons. The Hall–Kier alpha value is -2.14. The topological polar surface area (TPSA) is 66.0 Å². The molecular weight excluding hydrogens is 332 g/mol. The molecule has 1 aromatic carbocycles. The SMILES string of the molecule is O=C(O)CCc1c(-c2ccccn2)[nH]c2ccc(Br)cc12. The Bertz CT molecular complexity index is 797. The van der Waals surface area contributed by atoms with E-state index in [1.165, 1.54) is 0 Å². The highest BCUT2D eigenvalue weighted by molar-refractivity contribution is 9.10. The van der Waals surface area contributed by atoms with Gasteiger partial charge in [0.1, 0.15) is 0 Å². The van der Waals surface area contributed by atoms with Crippen LogP contribution in [0.25, 0.3) is 22.3 Å². The quantitative estimate of drug-likeness (QED) is 0.751. The zero-order valence-corrected chi connectivity index (χ0v) is 12.7. The summed E-state index contributed by atoms with van der Waals surface area (Å²) in [5.74, 6) is -0.800. The lowest BCUT2D eigenvalue weighted by atomic mass is 10.0. The van der Waals surface area contributed by atoms with Gasteiger partial charge in [0.2, 0.25) is 0 Å². The van der Waals surface area contributed by atoms with E-state index in [0.717, 1.165) is 32.3 Å². The molecule has 0 radical (unpaired) electrons. The molecule has 0 spiro atoms. The Morgan fingerprint density at radius 2 is 2.14 bits per heavy atom. The number of aromatic nitrogens is 2. The van der Waals surface area contributed by atoms with Crippen molar-refractivity contribution in [2.24, 2.45) is 0 Å². The number of fused-ring (bicyclic) bond motifs is 1. The number of benzene rings is 1. The van der Waals surface area contributed by atoms with Gasteiger partial charge >= 0.3 is 5.97 Å². The van der Waals surface area contributed by atoms with Crippen LogP contribution in [-0.2, 0) is 11.2 Å². The molecule has 2 N–H and O–H groups in total. The van der Waals surface area contributed by atoms with E-state index in [1.54, 1.807) is 6.20 Å². The highest BCUT2D eigenvalue weighted by Crippen LogP contribution is 2.32. The van der Waals surface area contributed by atoms with Crippen LogP contribution in [-0.4, -0.2) is 21.0 Å². The van der Waals surface area contributed by atoms with Crippen molar-refractivity contribution in [3.8, 4) is 11.4 Å². The first-order valence-corrected chi connectivity index (χ1v) is 7.38. The number of pyridine rings is 1. The van der Waals surface area contributed by atoms with Gasteiger partial charge in [-0.15, -0.1) is 0 Å². The summed E-state index contributed by atoms with van der Waals surface area (Å²) in [7, 11) is 0. The number of hydrogen-bond acceptors (Lipinski definition) is 2. The molecule has 0 aliphatic heterocycles. The molecule has 0 aliphatic carbocycles. The molecule has 3 aromatic rings. The van der Waals surface area contributed by atoms with Crippen LogP contribution >= 0.6 is 15.9 Å². The lowest BCUT2D eigenvalue weighted by Gasteiger charge is -2.03. The first-order chi connectivity index (χ1) is 10.1. The molecule has 2 aromatic heterocycles. The van der Waals surface area contributed by atoms with Crippen molar-refractivity contribution in [3.63, 3.8) is 0 Å². The zero-order valence-electron chi connectivity index (χ0n) is 11.1. The summed E-state index contributed by atoms with van der Waals surface area (Å²) in [6.07, 6.45) is 2.30. The number of nitrogens with zero attached hydrogens (tertiary/aromatic N) is 1. The summed E-state index contributed by atoms with van der Waals surface area (Å²) in [5.41, 5.74) is 3.70. The van der Waals surface area contributed by atoms with Gasteiger partial charge < -0.3 is 10.1 Å². The van der Waals surface area contributed by atoms with Crippen molar-refractivity contribution in [1.82, 2.24) is 9.97 Å². The molecule has 0 bridgehead atoms. The van der Waals surface area contributed by atoms with Crippen LogP contribution in [0.1, 0.15) is 12.0 Å². The number of aryl methyl sites for hydroxylation is 1. The maximum absolute atomic E-state index is 10.9. The summed E-state index contributed by atoms with van der Waals surface area (Å²) in [5, 5.41) is 10.00. The van der Waals surface area contributed by atoms with Crippen LogP contribution in [0.3, 0.4) is 0 Å². The first kappa shape index (κ1) is 13.8. The third-order valence-electron chi connectivity index (χ3n) is 3.38. The van der Waals surface area contributed by atoms with Gasteiger partial charge in [0.05, 0.1) is 11.4 Å². The molecule has 0 saturated heterocycles. The van der Waals surface area contributed by atoms with Crippen molar-refractivity contribution >= 4 is 32.8 Å². The summed E-state index contributed by atoms with van der Waals surface area (Å²) in [6, 6.07) is 11.7. The third-order valence-corrected chi connectivity index (χ3v) is 3.87. The molecule has 0 unspecified atom stereocenters. The van der Waals surface area contributed by atoms with Gasteiger partial charge in [-0.2, -0.15) is 0 Å². The van der Waals surface area contributed by atoms with E-state index in [1.807, 2.05) is 36.4 Å². The fourth-order valence-corrected chi connectivity index (χ4v) is 2.80. The van der Waals surface area contributed by atoms with E-state index in [0.29, 0.717) is 6.42 Å². The van der Waals surface area contributed by atoms with E-state index >= 15 is 0 Å². The van der Waals surface area contributed by atoms with E-state index in [4.69, 9.17) is 5.11 Å². The summed E-state index contributed by atoms with van der Waals surface area (Å²) in [4.78, 5) is 18.6. The largest absolute Gasteiger partial charge is 0.481 e. The highest BCUT2D eigenvalue weighted by Gasteiger charge is 2.15. The fraction of sp³-hybridized carbons (Fsp3) is 0.125. The maximum atomic E-state index is 10.9. The molecule has 0 aliphatic rings. The van der Waals surface area contributed by atoms with Gasteiger partial charge in [0.15, 0.2) is 0 Å². The van der Waals surface area contributed by atoms with Gasteiger partial charge in [-0.25, -0.2) is 0 Å². The molecule has 0 amide bonds. The number of hydrogen-bond donors (Lipinski definition) is 2. The second kappa shape index (κ2) is 5.69. The van der Waals surface area contributed by atoms with Crippen LogP contribution in [0.2, 0.25) is 0 Å². The second-order valence-electron chi connectivity index (χ2n) is 4.78. The Labute approximate surface area is 130 Å². The van der Waals surface area contributed by atoms with Crippen molar-refractivity contribution in [1.29, 1.82) is 0 Å². The molecule has 4 nitrogen and oxygen atoms in total. The van der Waals surface area contributed by atoms with Crippen molar-refractivity contribution in [2.75, 3.05) is 0 Å². The standard InChI is InChI=1S/C16H13BrN2O2/c17-10-4-6-13-12(9-10)11(5-7-15(20)21)16(19-13)14-3-1-2-8-18-14/h1-4,6,8-9,19H,5,7H2,(H,20,21). The predicted molar refractivity (Wildman–Crippen MR) is 85.2 cm³/mol. The van der Waals surface area contributed by atoms with Crippen LogP contribution in [0.5, 0.6) is 0 Å². The van der Waals surface area contributed by atoms with E-state index in [-0.39, 0.29) is 6.42 Å². The number of aliphatic carboxylic acids is 1. The lowest BCUT2D eigenvalue weighted by molar-refractivity contribution is -0.136. The Morgan fingerprint density at radius 3 is 2.86 bits per heavy atom. The summed E-state index contributed by atoms with van der Waals surface area (Å²) < 4.78 is 0.971. The molecule has 21 heavy (non-hydrogen) atoms. The number of aromatic amines is 1. The van der Waals surface area contributed by atoms with E-state index in [9.17, 15) is 4.79 Å². The molecule has 0 saturated carbocycles. The van der Waals surface area contributed by atoms with Crippen molar-refractivity contribution < 1.29 is 9.90 Å². The predicted octanol–water partition coefficient (Wildman–Crippen LogP) is 4.01. The zero-order chi connectivity index (χ0) is 14.8. The second-order valence-corrected chi connectivity index (χ2v) is 5.69. The summed E-state index contributed by atoms with van der Waals surface area (Å²) in [6.45, 7) is 0. The normalized spacial score (nSPS) is 10.9. The average Bonchev–Trinajstić information content (AvgIpc) is 2.84. The smallest absolute Gasteiger partial charge is 0.303 e. The molecule has 0 atom stereocenters.